The summed E-state index contributed by atoms with van der Waals surface area (Å²) in [7, 11) is 0. The molecule has 0 fully saturated rings. The van der Waals surface area contributed by atoms with Crippen molar-refractivity contribution >= 4 is 11.7 Å². The Morgan fingerprint density at radius 2 is 2.35 bits per heavy atom. The molecule has 0 saturated heterocycles. The number of rotatable bonds is 4. The lowest BCUT2D eigenvalue weighted by molar-refractivity contribution is 0.430. The number of benzene rings is 1. The van der Waals surface area contributed by atoms with E-state index in [0.717, 1.165) is 18.5 Å². The van der Waals surface area contributed by atoms with Gasteiger partial charge < -0.3 is 0 Å². The van der Waals surface area contributed by atoms with Crippen LogP contribution in [0.4, 0.5) is 0 Å². The van der Waals surface area contributed by atoms with Crippen LogP contribution in [0, 0.1) is 0 Å². The molecule has 3 rings (SSSR count). The maximum Gasteiger partial charge on any atom is 0.0925 e. The molecule has 17 heavy (non-hydrogen) atoms. The van der Waals surface area contributed by atoms with E-state index < -0.39 is 0 Å². The fourth-order valence-corrected chi connectivity index (χ4v) is 2.93. The van der Waals surface area contributed by atoms with Gasteiger partial charge in [-0.2, -0.15) is 8.75 Å². The van der Waals surface area contributed by atoms with Crippen molar-refractivity contribution in [2.24, 2.45) is 5.84 Å². The van der Waals surface area contributed by atoms with Crippen LogP contribution in [0.1, 0.15) is 35.2 Å². The van der Waals surface area contributed by atoms with E-state index in [0.29, 0.717) is 5.92 Å². The van der Waals surface area contributed by atoms with E-state index in [-0.39, 0.29) is 6.04 Å². The van der Waals surface area contributed by atoms with Crippen LogP contribution >= 0.6 is 11.7 Å². The third kappa shape index (κ3) is 1.97. The highest BCUT2D eigenvalue weighted by atomic mass is 32.1. The zero-order valence-corrected chi connectivity index (χ0v) is 10.2. The van der Waals surface area contributed by atoms with Gasteiger partial charge in [0.25, 0.3) is 0 Å². The highest BCUT2D eigenvalue weighted by Gasteiger charge is 2.28. The Morgan fingerprint density at radius 3 is 3.06 bits per heavy atom. The third-order valence-electron chi connectivity index (χ3n) is 3.42. The van der Waals surface area contributed by atoms with Gasteiger partial charge in [0.15, 0.2) is 0 Å². The fraction of sp³-hybridized carbons (Fsp3) is 0.333. The van der Waals surface area contributed by atoms with E-state index in [1.807, 2.05) is 0 Å². The second-order valence-corrected chi connectivity index (χ2v) is 4.94. The quantitative estimate of drug-likeness (QED) is 0.637. The molecule has 88 valence electrons. The lowest BCUT2D eigenvalue weighted by atomic mass is 9.74. The molecule has 5 heteroatoms. The summed E-state index contributed by atoms with van der Waals surface area (Å²) in [6.45, 7) is 0. The number of fused-ring (bicyclic) bond motifs is 1. The van der Waals surface area contributed by atoms with Gasteiger partial charge in [-0.05, 0) is 29.9 Å². The van der Waals surface area contributed by atoms with Crippen LogP contribution in [-0.2, 0) is 6.42 Å². The topological polar surface area (TPSA) is 63.8 Å². The van der Waals surface area contributed by atoms with Gasteiger partial charge in [0.1, 0.15) is 0 Å². The van der Waals surface area contributed by atoms with Gasteiger partial charge >= 0.3 is 0 Å². The lowest BCUT2D eigenvalue weighted by Crippen LogP contribution is -2.31. The van der Waals surface area contributed by atoms with Crippen molar-refractivity contribution in [3.8, 4) is 0 Å². The summed E-state index contributed by atoms with van der Waals surface area (Å²) >= 11 is 1.23. The van der Waals surface area contributed by atoms with Crippen molar-refractivity contribution in [1.29, 1.82) is 0 Å². The van der Waals surface area contributed by atoms with Gasteiger partial charge in [0.2, 0.25) is 0 Å². The van der Waals surface area contributed by atoms with Crippen molar-refractivity contribution in [1.82, 2.24) is 14.2 Å². The third-order valence-corrected chi connectivity index (χ3v) is 3.91. The molecule has 1 heterocycles. The summed E-state index contributed by atoms with van der Waals surface area (Å²) in [6, 6.07) is 8.70. The summed E-state index contributed by atoms with van der Waals surface area (Å²) in [5.74, 6) is 6.19. The first-order chi connectivity index (χ1) is 8.38. The molecule has 0 saturated carbocycles. The number of nitrogens with one attached hydrogen (secondary N) is 1. The molecule has 0 spiro atoms. The predicted octanol–water partition coefficient (Wildman–Crippen LogP) is 1.77. The molecule has 4 nitrogen and oxygen atoms in total. The smallest absolute Gasteiger partial charge is 0.0925 e. The minimum atomic E-state index is 0.104. The normalized spacial score (nSPS) is 19.5. The van der Waals surface area contributed by atoms with Gasteiger partial charge in [-0.3, -0.25) is 11.3 Å². The first kappa shape index (κ1) is 10.8. The highest BCUT2D eigenvalue weighted by molar-refractivity contribution is 6.99. The van der Waals surface area contributed by atoms with E-state index in [1.54, 1.807) is 6.20 Å². The standard InChI is InChI=1S/C12H14N4S/c13-15-11(12-7-14-17-16-12)6-9-5-8-3-1-2-4-10(8)9/h1-4,7,9,11,15H,5-6,13H2. The Morgan fingerprint density at radius 1 is 1.47 bits per heavy atom. The molecule has 2 aromatic rings. The van der Waals surface area contributed by atoms with Crippen LogP contribution in [0.25, 0.3) is 0 Å². The van der Waals surface area contributed by atoms with Gasteiger partial charge in [-0.15, -0.1) is 0 Å². The second kappa shape index (κ2) is 4.52. The average Bonchev–Trinajstić information content (AvgIpc) is 2.84. The number of aromatic nitrogens is 2. The number of nitrogens with two attached hydrogens (primary N) is 1. The van der Waals surface area contributed by atoms with Crippen molar-refractivity contribution < 1.29 is 0 Å². The SMILES string of the molecule is NNC(CC1Cc2ccccc21)c1cnsn1. The molecule has 1 aliphatic rings. The Labute approximate surface area is 104 Å². The zero-order valence-electron chi connectivity index (χ0n) is 9.34. The van der Waals surface area contributed by atoms with Crippen LogP contribution in [0.15, 0.2) is 30.5 Å². The van der Waals surface area contributed by atoms with E-state index in [9.17, 15) is 0 Å². The lowest BCUT2D eigenvalue weighted by Gasteiger charge is -2.32. The van der Waals surface area contributed by atoms with Crippen molar-refractivity contribution in [3.63, 3.8) is 0 Å². The van der Waals surface area contributed by atoms with Crippen molar-refractivity contribution in [3.05, 3.63) is 47.3 Å². The van der Waals surface area contributed by atoms with E-state index in [4.69, 9.17) is 5.84 Å². The van der Waals surface area contributed by atoms with E-state index in [2.05, 4.69) is 38.4 Å². The summed E-state index contributed by atoms with van der Waals surface area (Å²) in [4.78, 5) is 0. The largest absolute Gasteiger partial charge is 0.271 e. The monoisotopic (exact) mass is 246 g/mol. The molecule has 2 unspecified atom stereocenters. The van der Waals surface area contributed by atoms with Crippen LogP contribution in [0.3, 0.4) is 0 Å². The molecule has 1 aliphatic carbocycles. The molecule has 0 amide bonds. The van der Waals surface area contributed by atoms with Crippen LogP contribution in [-0.4, -0.2) is 8.75 Å². The fourth-order valence-electron chi connectivity index (χ4n) is 2.46. The summed E-state index contributed by atoms with van der Waals surface area (Å²) in [6.07, 6.45) is 3.92. The van der Waals surface area contributed by atoms with Gasteiger partial charge in [0.05, 0.1) is 29.7 Å². The maximum atomic E-state index is 5.60. The molecule has 3 N–H and O–H groups in total. The average molecular weight is 246 g/mol. The molecule has 1 aromatic carbocycles. The van der Waals surface area contributed by atoms with E-state index in [1.165, 1.54) is 22.9 Å². The van der Waals surface area contributed by atoms with Crippen LogP contribution < -0.4 is 11.3 Å². The molecule has 0 bridgehead atoms. The highest BCUT2D eigenvalue weighted by Crippen LogP contribution is 2.40. The predicted molar refractivity (Wildman–Crippen MR) is 67.5 cm³/mol. The minimum absolute atomic E-state index is 0.104. The zero-order chi connectivity index (χ0) is 11.7. The molecule has 1 aromatic heterocycles. The van der Waals surface area contributed by atoms with Gasteiger partial charge in [-0.1, -0.05) is 24.3 Å². The van der Waals surface area contributed by atoms with Gasteiger partial charge in [-0.25, -0.2) is 0 Å². The van der Waals surface area contributed by atoms with Crippen LogP contribution in [0.2, 0.25) is 0 Å². The summed E-state index contributed by atoms with van der Waals surface area (Å²) < 4.78 is 8.26. The minimum Gasteiger partial charge on any atom is -0.271 e. The maximum absolute atomic E-state index is 5.60. The first-order valence-electron chi connectivity index (χ1n) is 5.70. The number of hydrogen-bond donors (Lipinski definition) is 2. The number of hydrazine groups is 1. The Hall–Kier alpha value is -1.30. The van der Waals surface area contributed by atoms with Crippen molar-refractivity contribution in [2.75, 3.05) is 0 Å². The van der Waals surface area contributed by atoms with E-state index >= 15 is 0 Å². The molecule has 2 atom stereocenters. The first-order valence-corrected chi connectivity index (χ1v) is 6.43. The number of nitrogens with zero attached hydrogens (tertiary/aromatic N) is 2. The van der Waals surface area contributed by atoms with Crippen molar-refractivity contribution in [2.45, 2.75) is 24.8 Å². The van der Waals surface area contributed by atoms with Crippen LogP contribution in [0.5, 0.6) is 0 Å². The molecule has 0 radical (unpaired) electrons. The Balaban J connectivity index is 1.73. The Kier molecular flexibility index (Phi) is 2.88. The number of hydrogen-bond acceptors (Lipinski definition) is 5. The molecule has 0 aliphatic heterocycles. The second-order valence-electron chi connectivity index (χ2n) is 4.39. The van der Waals surface area contributed by atoms with Gasteiger partial charge in [0, 0.05) is 0 Å². The summed E-state index contributed by atoms with van der Waals surface area (Å²) in [5.41, 5.74) is 6.70. The molecular weight excluding hydrogens is 232 g/mol. The molecular formula is C12H14N4S. The Bertz CT molecular complexity index is 497. The summed E-state index contributed by atoms with van der Waals surface area (Å²) in [5, 5.41) is 0.